The predicted molar refractivity (Wildman–Crippen MR) is 96.2 cm³/mol. The molecule has 9 heteroatoms. The molecule has 3 rings (SSSR count). The molecule has 3 aromatic rings. The molecule has 0 bridgehead atoms. The normalized spacial score (nSPS) is 12.2. The summed E-state index contributed by atoms with van der Waals surface area (Å²) in [7, 11) is 0. The fourth-order valence-electron chi connectivity index (χ4n) is 2.51. The maximum atomic E-state index is 14.7. The quantitative estimate of drug-likeness (QED) is 0.392. The molecule has 1 heterocycles. The van der Waals surface area contributed by atoms with Crippen molar-refractivity contribution in [3.8, 4) is 0 Å². The molecule has 0 aliphatic rings. The van der Waals surface area contributed by atoms with E-state index < -0.39 is 45.8 Å². The van der Waals surface area contributed by atoms with Gasteiger partial charge in [0.25, 0.3) is 0 Å². The summed E-state index contributed by atoms with van der Waals surface area (Å²) in [5.41, 5.74) is -1.10. The van der Waals surface area contributed by atoms with Crippen molar-refractivity contribution in [2.75, 3.05) is 10.5 Å². The molecule has 0 saturated heterocycles. The third kappa shape index (κ3) is 3.88. The molecule has 0 amide bonds. The van der Waals surface area contributed by atoms with E-state index in [1.54, 1.807) is 6.92 Å². The van der Waals surface area contributed by atoms with Crippen LogP contribution in [0.5, 0.6) is 0 Å². The van der Waals surface area contributed by atoms with Gasteiger partial charge in [-0.1, -0.05) is 6.92 Å². The molecule has 1 unspecified atom stereocenters. The molecular formula is C18H14F3N3O2S. The van der Waals surface area contributed by atoms with Gasteiger partial charge >= 0.3 is 0 Å². The van der Waals surface area contributed by atoms with Gasteiger partial charge in [-0.2, -0.15) is 0 Å². The Bertz CT molecular complexity index is 1020. The second kappa shape index (κ2) is 7.93. The van der Waals surface area contributed by atoms with Gasteiger partial charge in [-0.15, -0.1) is 0 Å². The van der Waals surface area contributed by atoms with Crippen molar-refractivity contribution in [3.05, 3.63) is 65.4 Å². The zero-order chi connectivity index (χ0) is 19.6. The minimum Gasteiger partial charge on any atom is -0.593 e. The Balaban J connectivity index is 2.05. The van der Waals surface area contributed by atoms with E-state index in [1.807, 2.05) is 0 Å². The summed E-state index contributed by atoms with van der Waals surface area (Å²) in [6.45, 7) is 1.76. The third-order valence-electron chi connectivity index (χ3n) is 3.76. The number of nitrogens with zero attached hydrogens (tertiary/aromatic N) is 2. The number of fused-ring (bicyclic) bond motifs is 1. The Morgan fingerprint density at radius 1 is 1.22 bits per heavy atom. The summed E-state index contributed by atoms with van der Waals surface area (Å²) in [6, 6.07) is 4.74. The van der Waals surface area contributed by atoms with Crippen LogP contribution < -0.4 is 4.72 Å². The lowest BCUT2D eigenvalue weighted by atomic mass is 10.00. The van der Waals surface area contributed by atoms with Crippen LogP contribution in [0.3, 0.4) is 0 Å². The SMILES string of the molecule is CCC[S+]([O-])Nc1cc(F)c(F)c(C(=O)c2ccc3ncncc3c2)c1F. The number of halogens is 3. The minimum atomic E-state index is -1.69. The van der Waals surface area contributed by atoms with Crippen molar-refractivity contribution >= 4 is 33.7 Å². The standard InChI is InChI=1S/C18H14F3N3O2S/c1-2-5-27(26)24-14-7-12(19)16(20)15(17(14)21)18(25)10-3-4-13-11(6-10)8-22-9-23-13/h3-4,6-9,24H,2,5H2,1H3. The van der Waals surface area contributed by atoms with E-state index in [4.69, 9.17) is 0 Å². The second-order valence-electron chi connectivity index (χ2n) is 5.69. The maximum absolute atomic E-state index is 14.7. The number of rotatable bonds is 6. The molecule has 0 aliphatic carbocycles. The first-order valence-electron chi connectivity index (χ1n) is 7.99. The highest BCUT2D eigenvalue weighted by Crippen LogP contribution is 2.28. The molecule has 27 heavy (non-hydrogen) atoms. The molecule has 1 aromatic heterocycles. The second-order valence-corrected chi connectivity index (χ2v) is 6.99. The van der Waals surface area contributed by atoms with Crippen LogP contribution in [0.25, 0.3) is 10.9 Å². The Morgan fingerprint density at radius 3 is 2.74 bits per heavy atom. The van der Waals surface area contributed by atoms with Gasteiger partial charge in [-0.3, -0.25) is 4.79 Å². The maximum Gasteiger partial charge on any atom is 0.199 e. The zero-order valence-corrected chi connectivity index (χ0v) is 14.9. The zero-order valence-electron chi connectivity index (χ0n) is 14.1. The van der Waals surface area contributed by atoms with Crippen LogP contribution in [-0.2, 0) is 11.4 Å². The van der Waals surface area contributed by atoms with E-state index in [-0.39, 0.29) is 11.3 Å². The number of carbonyl (C=O) groups excluding carboxylic acids is 1. The number of ketones is 1. The van der Waals surface area contributed by atoms with Crippen molar-refractivity contribution in [2.45, 2.75) is 13.3 Å². The molecule has 0 radical (unpaired) electrons. The van der Waals surface area contributed by atoms with E-state index in [2.05, 4.69) is 14.7 Å². The summed E-state index contributed by atoms with van der Waals surface area (Å²) in [5.74, 6) is -5.17. The topological polar surface area (TPSA) is 77.9 Å². The fourth-order valence-corrected chi connectivity index (χ4v) is 3.37. The van der Waals surface area contributed by atoms with Gasteiger partial charge < -0.3 is 4.55 Å². The number of carbonyl (C=O) groups is 1. The molecular weight excluding hydrogens is 379 g/mol. The number of anilines is 1. The molecule has 0 aliphatic heterocycles. The smallest absolute Gasteiger partial charge is 0.199 e. The largest absolute Gasteiger partial charge is 0.593 e. The van der Waals surface area contributed by atoms with Crippen molar-refractivity contribution in [3.63, 3.8) is 0 Å². The van der Waals surface area contributed by atoms with Gasteiger partial charge in [0.2, 0.25) is 0 Å². The molecule has 1 N–H and O–H groups in total. The number of nitrogens with one attached hydrogen (secondary N) is 1. The molecule has 0 fully saturated rings. The van der Waals surface area contributed by atoms with E-state index in [0.29, 0.717) is 23.4 Å². The van der Waals surface area contributed by atoms with Crippen molar-refractivity contribution in [1.82, 2.24) is 9.97 Å². The minimum absolute atomic E-state index is 0.0543. The highest BCUT2D eigenvalue weighted by Gasteiger charge is 2.27. The van der Waals surface area contributed by atoms with Crippen molar-refractivity contribution < 1.29 is 22.5 Å². The lowest BCUT2D eigenvalue weighted by Gasteiger charge is -2.14. The summed E-state index contributed by atoms with van der Waals surface area (Å²) >= 11 is -1.69. The van der Waals surface area contributed by atoms with Crippen LogP contribution in [0, 0.1) is 17.5 Å². The number of benzene rings is 2. The van der Waals surface area contributed by atoms with E-state index in [0.717, 1.165) is 0 Å². The third-order valence-corrected chi connectivity index (χ3v) is 4.99. The van der Waals surface area contributed by atoms with Crippen LogP contribution in [-0.4, -0.2) is 26.1 Å². The number of hydrogen-bond acceptors (Lipinski definition) is 5. The van der Waals surface area contributed by atoms with Gasteiger partial charge in [0.15, 0.2) is 23.2 Å². The number of aromatic nitrogens is 2. The molecule has 0 saturated carbocycles. The monoisotopic (exact) mass is 393 g/mol. The van der Waals surface area contributed by atoms with Crippen LogP contribution in [0.2, 0.25) is 0 Å². The lowest BCUT2D eigenvalue weighted by molar-refractivity contribution is 0.103. The van der Waals surface area contributed by atoms with Gasteiger partial charge in [0.05, 0.1) is 22.4 Å². The van der Waals surface area contributed by atoms with E-state index in [9.17, 15) is 22.5 Å². The van der Waals surface area contributed by atoms with Gasteiger partial charge in [-0.25, -0.2) is 27.9 Å². The lowest BCUT2D eigenvalue weighted by Crippen LogP contribution is -2.19. The van der Waals surface area contributed by atoms with E-state index in [1.165, 1.54) is 30.7 Å². The average Bonchev–Trinajstić information content (AvgIpc) is 2.66. The Hall–Kier alpha value is -2.65. The summed E-state index contributed by atoms with van der Waals surface area (Å²) in [6.07, 6.45) is 3.30. The van der Waals surface area contributed by atoms with Gasteiger partial charge in [-0.05, 0) is 24.6 Å². The van der Waals surface area contributed by atoms with Crippen molar-refractivity contribution in [2.24, 2.45) is 0 Å². The number of hydrogen-bond donors (Lipinski definition) is 1. The summed E-state index contributed by atoms with van der Waals surface area (Å²) in [4.78, 5) is 20.5. The predicted octanol–water partition coefficient (Wildman–Crippen LogP) is 3.76. The van der Waals surface area contributed by atoms with E-state index >= 15 is 0 Å². The summed E-state index contributed by atoms with van der Waals surface area (Å²) in [5, 5.41) is 0.489. The highest BCUT2D eigenvalue weighted by molar-refractivity contribution is 7.92. The first-order chi connectivity index (χ1) is 12.9. The Kier molecular flexibility index (Phi) is 5.62. The molecule has 0 spiro atoms. The Labute approximate surface area is 156 Å². The van der Waals surface area contributed by atoms with Crippen LogP contribution in [0.15, 0.2) is 36.8 Å². The first-order valence-corrected chi connectivity index (χ1v) is 9.31. The van der Waals surface area contributed by atoms with Crippen LogP contribution in [0.4, 0.5) is 18.9 Å². The fraction of sp³-hybridized carbons (Fsp3) is 0.167. The van der Waals surface area contributed by atoms with Crippen LogP contribution >= 0.6 is 0 Å². The van der Waals surface area contributed by atoms with Gasteiger partial charge in [0.1, 0.15) is 17.8 Å². The van der Waals surface area contributed by atoms with Crippen LogP contribution in [0.1, 0.15) is 29.3 Å². The molecule has 140 valence electrons. The molecule has 2 aromatic carbocycles. The highest BCUT2D eigenvalue weighted by atomic mass is 32.2. The van der Waals surface area contributed by atoms with Gasteiger partial charge in [0, 0.05) is 23.2 Å². The summed E-state index contributed by atoms with van der Waals surface area (Å²) < 4.78 is 56.9. The average molecular weight is 393 g/mol. The Morgan fingerprint density at radius 2 is 2.00 bits per heavy atom. The molecule has 1 atom stereocenters. The molecule has 5 nitrogen and oxygen atoms in total. The van der Waals surface area contributed by atoms with Crippen molar-refractivity contribution in [1.29, 1.82) is 0 Å². The first kappa shape index (κ1) is 19.1.